The molecule has 0 spiro atoms. The maximum Gasteiger partial charge on any atom is 0.319 e. The van der Waals surface area contributed by atoms with E-state index in [9.17, 15) is 9.59 Å². The summed E-state index contributed by atoms with van der Waals surface area (Å²) in [5.74, 6) is -0.733. The molecule has 0 radical (unpaired) electrons. The van der Waals surface area contributed by atoms with Crippen molar-refractivity contribution in [2.75, 3.05) is 19.0 Å². The van der Waals surface area contributed by atoms with Crippen LogP contribution >= 0.6 is 0 Å². The number of carboxylic acids is 1. The van der Waals surface area contributed by atoms with Crippen molar-refractivity contribution < 1.29 is 19.4 Å². The van der Waals surface area contributed by atoms with Crippen molar-refractivity contribution in [3.05, 3.63) is 23.8 Å². The molecule has 0 fully saturated rings. The van der Waals surface area contributed by atoms with Crippen molar-refractivity contribution in [2.24, 2.45) is 5.92 Å². The van der Waals surface area contributed by atoms with E-state index in [1.165, 1.54) is 0 Å². The first-order valence-electron chi connectivity index (χ1n) is 6.90. The molecule has 1 atom stereocenters. The monoisotopic (exact) mass is 294 g/mol. The lowest BCUT2D eigenvalue weighted by atomic mass is 10.0. The molecule has 2 amide bonds. The number of carbonyl (C=O) groups excluding carboxylic acids is 1. The summed E-state index contributed by atoms with van der Waals surface area (Å²) in [4.78, 5) is 22.8. The van der Waals surface area contributed by atoms with E-state index in [1.54, 1.807) is 19.2 Å². The Morgan fingerprint density at radius 3 is 2.62 bits per heavy atom. The van der Waals surface area contributed by atoms with Crippen molar-refractivity contribution in [3.8, 4) is 5.75 Å². The lowest BCUT2D eigenvalue weighted by Crippen LogP contribution is -2.35. The Morgan fingerprint density at radius 1 is 1.38 bits per heavy atom. The highest BCUT2D eigenvalue weighted by molar-refractivity contribution is 5.90. The van der Waals surface area contributed by atoms with Crippen LogP contribution in [0.4, 0.5) is 10.5 Å². The molecule has 0 aliphatic rings. The van der Waals surface area contributed by atoms with Gasteiger partial charge in [0, 0.05) is 12.2 Å². The Labute approximate surface area is 124 Å². The average molecular weight is 294 g/mol. The Morgan fingerprint density at radius 2 is 2.10 bits per heavy atom. The zero-order valence-corrected chi connectivity index (χ0v) is 12.6. The molecule has 0 aromatic heterocycles. The van der Waals surface area contributed by atoms with Crippen molar-refractivity contribution in [1.82, 2.24) is 5.32 Å². The highest BCUT2D eigenvalue weighted by atomic mass is 16.5. The van der Waals surface area contributed by atoms with E-state index in [4.69, 9.17) is 9.84 Å². The molecular formula is C15H22N2O4. The summed E-state index contributed by atoms with van der Waals surface area (Å²) in [5, 5.41) is 14.3. The third-order valence-electron chi connectivity index (χ3n) is 3.18. The third-order valence-corrected chi connectivity index (χ3v) is 3.18. The number of hydrogen-bond acceptors (Lipinski definition) is 3. The van der Waals surface area contributed by atoms with Crippen molar-refractivity contribution in [3.63, 3.8) is 0 Å². The summed E-state index contributed by atoms with van der Waals surface area (Å²) in [5.41, 5.74) is 1.53. The molecule has 0 saturated carbocycles. The van der Waals surface area contributed by atoms with Crippen LogP contribution in [-0.2, 0) is 4.79 Å². The van der Waals surface area contributed by atoms with Crippen LogP contribution in [0.2, 0.25) is 0 Å². The predicted octanol–water partition coefficient (Wildman–Crippen LogP) is 2.63. The normalized spacial score (nSPS) is 11.6. The number of benzene rings is 1. The molecule has 0 aliphatic carbocycles. The number of ether oxygens (including phenoxy) is 1. The van der Waals surface area contributed by atoms with E-state index in [2.05, 4.69) is 10.6 Å². The van der Waals surface area contributed by atoms with E-state index < -0.39 is 17.9 Å². The second-order valence-corrected chi connectivity index (χ2v) is 4.84. The largest absolute Gasteiger partial charge is 0.497 e. The van der Waals surface area contributed by atoms with Gasteiger partial charge in [-0.25, -0.2) is 4.79 Å². The van der Waals surface area contributed by atoms with Crippen LogP contribution in [-0.4, -0.2) is 30.8 Å². The van der Waals surface area contributed by atoms with Crippen LogP contribution in [0.15, 0.2) is 18.2 Å². The second-order valence-electron chi connectivity index (χ2n) is 4.84. The van der Waals surface area contributed by atoms with Crippen LogP contribution in [0.3, 0.4) is 0 Å². The minimum atomic E-state index is -0.891. The van der Waals surface area contributed by atoms with Gasteiger partial charge in [0.05, 0.1) is 13.0 Å². The van der Waals surface area contributed by atoms with Gasteiger partial charge in [-0.15, -0.1) is 0 Å². The lowest BCUT2D eigenvalue weighted by Gasteiger charge is -2.14. The molecule has 0 bridgehead atoms. The fourth-order valence-corrected chi connectivity index (χ4v) is 1.95. The van der Waals surface area contributed by atoms with E-state index in [0.717, 1.165) is 12.0 Å². The minimum absolute atomic E-state index is 0.115. The Kier molecular flexibility index (Phi) is 6.52. The Balaban J connectivity index is 2.55. The molecule has 0 aliphatic heterocycles. The quantitative estimate of drug-likeness (QED) is 0.721. The molecule has 1 rings (SSSR count). The molecule has 6 heteroatoms. The maximum absolute atomic E-state index is 11.8. The summed E-state index contributed by atoms with van der Waals surface area (Å²) in [6, 6.07) is 4.90. The van der Waals surface area contributed by atoms with Gasteiger partial charge >= 0.3 is 12.0 Å². The molecule has 0 saturated heterocycles. The van der Waals surface area contributed by atoms with Crippen molar-refractivity contribution >= 4 is 17.7 Å². The van der Waals surface area contributed by atoms with Gasteiger partial charge in [-0.3, -0.25) is 4.79 Å². The molecule has 1 aromatic rings. The number of aryl methyl sites for hydroxylation is 1. The first kappa shape index (κ1) is 16.8. The number of aliphatic carboxylic acids is 1. The summed E-state index contributed by atoms with van der Waals surface area (Å²) < 4.78 is 5.09. The maximum atomic E-state index is 11.8. The summed E-state index contributed by atoms with van der Waals surface area (Å²) in [7, 11) is 1.58. The summed E-state index contributed by atoms with van der Waals surface area (Å²) in [6.45, 7) is 3.89. The number of nitrogens with one attached hydrogen (secondary N) is 2. The number of rotatable bonds is 7. The fourth-order valence-electron chi connectivity index (χ4n) is 1.95. The minimum Gasteiger partial charge on any atom is -0.497 e. The van der Waals surface area contributed by atoms with Gasteiger partial charge in [0.15, 0.2) is 0 Å². The molecule has 3 N–H and O–H groups in total. The van der Waals surface area contributed by atoms with Gasteiger partial charge in [0.2, 0.25) is 0 Å². The Bertz CT molecular complexity index is 502. The smallest absolute Gasteiger partial charge is 0.319 e. The van der Waals surface area contributed by atoms with E-state index in [1.807, 2.05) is 19.9 Å². The number of amides is 2. The number of carboxylic acid groups (broad SMARTS) is 1. The van der Waals surface area contributed by atoms with Crippen molar-refractivity contribution in [1.29, 1.82) is 0 Å². The van der Waals surface area contributed by atoms with Gasteiger partial charge in [-0.1, -0.05) is 13.3 Å². The van der Waals surface area contributed by atoms with Gasteiger partial charge in [0.1, 0.15) is 5.75 Å². The molecular weight excluding hydrogens is 272 g/mol. The van der Waals surface area contributed by atoms with E-state index >= 15 is 0 Å². The highest BCUT2D eigenvalue weighted by Crippen LogP contribution is 2.20. The first-order valence-corrected chi connectivity index (χ1v) is 6.90. The second kappa shape index (κ2) is 8.14. The van der Waals surface area contributed by atoms with Crippen molar-refractivity contribution in [2.45, 2.75) is 26.7 Å². The van der Waals surface area contributed by atoms with Crippen LogP contribution in [0.1, 0.15) is 25.3 Å². The zero-order valence-electron chi connectivity index (χ0n) is 12.6. The van der Waals surface area contributed by atoms with Crippen LogP contribution < -0.4 is 15.4 Å². The summed E-state index contributed by atoms with van der Waals surface area (Å²) >= 11 is 0. The van der Waals surface area contributed by atoms with Crippen LogP contribution in [0, 0.1) is 12.8 Å². The fraction of sp³-hybridized carbons (Fsp3) is 0.467. The van der Waals surface area contributed by atoms with Gasteiger partial charge < -0.3 is 20.5 Å². The summed E-state index contributed by atoms with van der Waals surface area (Å²) in [6.07, 6.45) is 1.30. The van der Waals surface area contributed by atoms with Gasteiger partial charge in [-0.05, 0) is 37.1 Å². The van der Waals surface area contributed by atoms with Gasteiger partial charge in [-0.2, -0.15) is 0 Å². The van der Waals surface area contributed by atoms with Crippen LogP contribution in [0.25, 0.3) is 0 Å². The number of carbonyl (C=O) groups is 2. The molecule has 1 aromatic carbocycles. The lowest BCUT2D eigenvalue weighted by molar-refractivity contribution is -0.141. The molecule has 116 valence electrons. The standard InChI is InChI=1S/C15H22N2O4/c1-4-5-11(14(18)19)9-16-15(20)17-13-7-6-12(21-3)8-10(13)2/h6-8,11H,4-5,9H2,1-3H3,(H,18,19)(H2,16,17,20). The van der Waals surface area contributed by atoms with Crippen LogP contribution in [0.5, 0.6) is 5.75 Å². The topological polar surface area (TPSA) is 87.7 Å². The van der Waals surface area contributed by atoms with Gasteiger partial charge in [0.25, 0.3) is 0 Å². The number of anilines is 1. The van der Waals surface area contributed by atoms with E-state index in [0.29, 0.717) is 17.9 Å². The third kappa shape index (κ3) is 5.33. The number of methoxy groups -OCH3 is 1. The number of hydrogen-bond donors (Lipinski definition) is 3. The highest BCUT2D eigenvalue weighted by Gasteiger charge is 2.17. The average Bonchev–Trinajstić information content (AvgIpc) is 2.45. The SMILES string of the molecule is CCCC(CNC(=O)Nc1ccc(OC)cc1C)C(=O)O. The van der Waals surface area contributed by atoms with E-state index in [-0.39, 0.29) is 6.54 Å². The zero-order chi connectivity index (χ0) is 15.8. The molecule has 6 nitrogen and oxygen atoms in total. The molecule has 1 unspecified atom stereocenters. The molecule has 21 heavy (non-hydrogen) atoms. The Hall–Kier alpha value is -2.24. The first-order chi connectivity index (χ1) is 9.97. The molecule has 0 heterocycles. The predicted molar refractivity (Wildman–Crippen MR) is 80.8 cm³/mol. The number of urea groups is 1.